The number of rotatable bonds is 5. The molecule has 0 bridgehead atoms. The number of nitrogens with two attached hydrogens (primary N) is 1. The van der Waals surface area contributed by atoms with Crippen LogP contribution in [0.25, 0.3) is 0 Å². The number of carboxylic acids is 1. The maximum Gasteiger partial charge on any atom is 0.335 e. The fourth-order valence-corrected chi connectivity index (χ4v) is 3.81. The summed E-state index contributed by atoms with van der Waals surface area (Å²) in [5.74, 6) is 0.251. The van der Waals surface area contributed by atoms with Crippen molar-refractivity contribution in [2.24, 2.45) is 0 Å². The first-order chi connectivity index (χ1) is 14.9. The quantitative estimate of drug-likeness (QED) is 0.578. The van der Waals surface area contributed by atoms with E-state index < -0.39 is 5.97 Å². The Kier molecular flexibility index (Phi) is 5.62. The lowest BCUT2D eigenvalue weighted by Gasteiger charge is -2.38. The minimum absolute atomic E-state index is 0.226. The Hall–Kier alpha value is -3.81. The Morgan fingerprint density at radius 3 is 2.35 bits per heavy atom. The van der Waals surface area contributed by atoms with Crippen LogP contribution in [0.15, 0.2) is 48.8 Å². The molecule has 1 aliphatic heterocycles. The number of carboxylic acid groups (broad SMARTS) is 1. The van der Waals surface area contributed by atoms with Gasteiger partial charge in [0.1, 0.15) is 12.0 Å². The molecule has 0 aliphatic carbocycles. The summed E-state index contributed by atoms with van der Waals surface area (Å²) >= 11 is 0. The Labute approximate surface area is 181 Å². The number of aromatic carboxylic acids is 1. The van der Waals surface area contributed by atoms with E-state index in [0.717, 1.165) is 26.2 Å². The predicted molar refractivity (Wildman–Crippen MR) is 123 cm³/mol. The maximum atomic E-state index is 11.0. The number of hydrogen-bond acceptors (Lipinski definition) is 7. The van der Waals surface area contributed by atoms with Crippen molar-refractivity contribution in [2.45, 2.75) is 13.8 Å². The second-order valence-electron chi connectivity index (χ2n) is 7.66. The molecule has 3 aromatic rings. The van der Waals surface area contributed by atoms with Gasteiger partial charge in [-0.25, -0.2) is 14.8 Å². The summed E-state index contributed by atoms with van der Waals surface area (Å²) in [5, 5.41) is 12.2. The number of nitrogens with one attached hydrogen (secondary N) is 1. The molecule has 0 atom stereocenters. The molecule has 0 radical (unpaired) electrons. The Morgan fingerprint density at radius 2 is 1.68 bits per heavy atom. The van der Waals surface area contributed by atoms with Crippen molar-refractivity contribution in [1.82, 2.24) is 9.97 Å². The van der Waals surface area contributed by atoms with Crippen molar-refractivity contribution in [2.75, 3.05) is 47.0 Å². The molecule has 4 N–H and O–H groups in total. The molecule has 31 heavy (non-hydrogen) atoms. The molecule has 1 fully saturated rings. The largest absolute Gasteiger partial charge is 0.478 e. The molecule has 0 saturated carbocycles. The number of benzene rings is 2. The third kappa shape index (κ3) is 4.23. The molecule has 0 amide bonds. The molecule has 0 unspecified atom stereocenters. The van der Waals surface area contributed by atoms with E-state index in [4.69, 9.17) is 10.8 Å². The lowest BCUT2D eigenvalue weighted by molar-refractivity contribution is 0.0697. The highest BCUT2D eigenvalue weighted by molar-refractivity contribution is 5.88. The number of piperazine rings is 1. The van der Waals surface area contributed by atoms with Crippen molar-refractivity contribution in [3.05, 3.63) is 65.5 Å². The van der Waals surface area contributed by atoms with Gasteiger partial charge >= 0.3 is 5.97 Å². The van der Waals surface area contributed by atoms with Crippen molar-refractivity contribution in [3.63, 3.8) is 0 Å². The summed E-state index contributed by atoms with van der Waals surface area (Å²) in [7, 11) is 0. The zero-order valence-electron chi connectivity index (χ0n) is 17.7. The van der Waals surface area contributed by atoms with Gasteiger partial charge in [0.25, 0.3) is 0 Å². The van der Waals surface area contributed by atoms with Gasteiger partial charge in [0.2, 0.25) is 0 Å². The van der Waals surface area contributed by atoms with Gasteiger partial charge in [-0.15, -0.1) is 0 Å². The van der Waals surface area contributed by atoms with Crippen LogP contribution in [0.1, 0.15) is 21.5 Å². The van der Waals surface area contributed by atoms with E-state index >= 15 is 0 Å². The van der Waals surface area contributed by atoms with Crippen LogP contribution in [0.3, 0.4) is 0 Å². The zero-order valence-corrected chi connectivity index (χ0v) is 17.7. The van der Waals surface area contributed by atoms with Gasteiger partial charge in [-0.1, -0.05) is 12.1 Å². The van der Waals surface area contributed by atoms with Crippen LogP contribution < -0.4 is 20.9 Å². The van der Waals surface area contributed by atoms with Gasteiger partial charge in [0.15, 0.2) is 11.6 Å². The normalized spacial score (nSPS) is 13.9. The molecule has 0 spiro atoms. The number of aryl methyl sites for hydroxylation is 1. The summed E-state index contributed by atoms with van der Waals surface area (Å²) in [5.41, 5.74) is 11.7. The third-order valence-electron chi connectivity index (χ3n) is 5.75. The number of nitrogen functional groups attached to an aromatic ring is 1. The summed E-state index contributed by atoms with van der Waals surface area (Å²) < 4.78 is 0. The predicted octanol–water partition coefficient (Wildman–Crippen LogP) is 3.44. The smallest absolute Gasteiger partial charge is 0.335 e. The molecular formula is C23H26N6O2. The molecule has 2 aromatic carbocycles. The van der Waals surface area contributed by atoms with E-state index in [-0.39, 0.29) is 5.56 Å². The summed E-state index contributed by atoms with van der Waals surface area (Å²) in [6, 6.07) is 12.9. The molecule has 2 heterocycles. The molecule has 1 saturated heterocycles. The second kappa shape index (κ2) is 8.51. The van der Waals surface area contributed by atoms with Crippen LogP contribution in [0, 0.1) is 13.8 Å². The monoisotopic (exact) mass is 418 g/mol. The Balaban J connectivity index is 1.47. The molecular weight excluding hydrogens is 392 g/mol. The molecule has 160 valence electrons. The van der Waals surface area contributed by atoms with Gasteiger partial charge in [-0.05, 0) is 55.3 Å². The molecule has 8 nitrogen and oxygen atoms in total. The van der Waals surface area contributed by atoms with Gasteiger partial charge < -0.3 is 26.0 Å². The minimum atomic E-state index is -0.963. The van der Waals surface area contributed by atoms with Crippen LogP contribution in [-0.4, -0.2) is 47.2 Å². The average molecular weight is 419 g/mol. The van der Waals surface area contributed by atoms with Gasteiger partial charge in [0, 0.05) is 37.6 Å². The van der Waals surface area contributed by atoms with E-state index in [2.05, 4.69) is 57.1 Å². The number of hydrogen-bond donors (Lipinski definition) is 3. The van der Waals surface area contributed by atoms with Gasteiger partial charge in [0.05, 0.1) is 5.56 Å². The van der Waals surface area contributed by atoms with Crippen molar-refractivity contribution < 1.29 is 9.90 Å². The van der Waals surface area contributed by atoms with Crippen molar-refractivity contribution in [1.29, 1.82) is 0 Å². The van der Waals surface area contributed by atoms with E-state index in [1.54, 1.807) is 12.1 Å². The fraction of sp³-hybridized carbons (Fsp3) is 0.261. The van der Waals surface area contributed by atoms with E-state index in [0.29, 0.717) is 23.0 Å². The minimum Gasteiger partial charge on any atom is -0.478 e. The van der Waals surface area contributed by atoms with Crippen LogP contribution in [-0.2, 0) is 0 Å². The molecule has 8 heteroatoms. The summed E-state index contributed by atoms with van der Waals surface area (Å²) in [6.45, 7) is 7.68. The van der Waals surface area contributed by atoms with Crippen LogP contribution >= 0.6 is 0 Å². The standard InChI is InChI=1S/C23H26N6O2/c1-15-4-3-5-19(16(15)2)28-10-12-29(13-11-28)22-20(24)21(25-14-26-22)27-18-8-6-17(7-9-18)23(30)31/h3-9,14H,10-13,24H2,1-2H3,(H,30,31)(H,25,26,27). The SMILES string of the molecule is Cc1cccc(N2CCN(c3ncnc(Nc4ccc(C(=O)O)cc4)c3N)CC2)c1C. The van der Waals surface area contributed by atoms with E-state index in [9.17, 15) is 4.79 Å². The number of anilines is 5. The van der Waals surface area contributed by atoms with E-state index in [1.165, 1.54) is 35.3 Å². The third-order valence-corrected chi connectivity index (χ3v) is 5.75. The highest BCUT2D eigenvalue weighted by Crippen LogP contribution is 2.30. The molecule has 1 aliphatic rings. The highest BCUT2D eigenvalue weighted by Gasteiger charge is 2.22. The lowest BCUT2D eigenvalue weighted by Crippen LogP contribution is -2.47. The maximum absolute atomic E-state index is 11.0. The van der Waals surface area contributed by atoms with Gasteiger partial charge in [-0.2, -0.15) is 0 Å². The molecule has 4 rings (SSSR count). The Morgan fingerprint density at radius 1 is 1.00 bits per heavy atom. The number of carbonyl (C=O) groups is 1. The number of nitrogens with zero attached hydrogens (tertiary/aromatic N) is 4. The van der Waals surface area contributed by atoms with Crippen molar-refractivity contribution in [3.8, 4) is 0 Å². The number of aromatic nitrogens is 2. The first kappa shape index (κ1) is 20.5. The Bertz CT molecular complexity index is 1090. The summed E-state index contributed by atoms with van der Waals surface area (Å²) in [6.07, 6.45) is 1.50. The van der Waals surface area contributed by atoms with Crippen molar-refractivity contribution >= 4 is 34.7 Å². The van der Waals surface area contributed by atoms with E-state index in [1.807, 2.05) is 0 Å². The van der Waals surface area contributed by atoms with Crippen LogP contribution in [0.5, 0.6) is 0 Å². The fourth-order valence-electron chi connectivity index (χ4n) is 3.81. The average Bonchev–Trinajstić information content (AvgIpc) is 2.78. The topological polar surface area (TPSA) is 108 Å². The lowest BCUT2D eigenvalue weighted by atomic mass is 10.1. The first-order valence-corrected chi connectivity index (χ1v) is 10.2. The molecule has 1 aromatic heterocycles. The van der Waals surface area contributed by atoms with Gasteiger partial charge in [-0.3, -0.25) is 0 Å². The van der Waals surface area contributed by atoms with Crippen LogP contribution in [0.4, 0.5) is 28.7 Å². The second-order valence-corrected chi connectivity index (χ2v) is 7.66. The van der Waals surface area contributed by atoms with Crippen LogP contribution in [0.2, 0.25) is 0 Å². The first-order valence-electron chi connectivity index (χ1n) is 10.2. The summed E-state index contributed by atoms with van der Waals surface area (Å²) in [4.78, 5) is 24.3. The zero-order chi connectivity index (χ0) is 22.0. The highest BCUT2D eigenvalue weighted by atomic mass is 16.4.